The zero-order valence-corrected chi connectivity index (χ0v) is 17.9. The largest absolute Gasteiger partial charge is 0.495 e. The Hall–Kier alpha value is -4.02. The number of aromatic amines is 1. The van der Waals surface area contributed by atoms with Gasteiger partial charge in [0.15, 0.2) is 0 Å². The molecule has 0 saturated heterocycles. The molecule has 2 aromatic heterocycles. The van der Waals surface area contributed by atoms with Gasteiger partial charge in [-0.3, -0.25) is 9.78 Å². The summed E-state index contributed by atoms with van der Waals surface area (Å²) in [5.74, 6) is 0.949. The highest BCUT2D eigenvalue weighted by Gasteiger charge is 2.11. The van der Waals surface area contributed by atoms with Crippen molar-refractivity contribution in [3.63, 3.8) is 0 Å². The smallest absolute Gasteiger partial charge is 0.253 e. The maximum atomic E-state index is 12.6. The molecule has 0 amide bonds. The summed E-state index contributed by atoms with van der Waals surface area (Å²) in [4.78, 5) is 19.6. The first-order chi connectivity index (χ1) is 15.6. The number of pyridine rings is 2. The van der Waals surface area contributed by atoms with E-state index in [0.29, 0.717) is 39.8 Å². The van der Waals surface area contributed by atoms with Crippen LogP contribution in [-0.2, 0) is 13.2 Å². The third-order valence-corrected chi connectivity index (χ3v) is 5.30. The zero-order valence-electron chi connectivity index (χ0n) is 17.2. The number of nitrogens with one attached hydrogen (secondary N) is 2. The Balaban J connectivity index is 1.54. The SMILES string of the molecule is COc1cc(NCc2cc3ccc(OCc4cccnc4)c(Cl)c3[nH]c2=O)ccc1C#N. The maximum absolute atomic E-state index is 12.6. The van der Waals surface area contributed by atoms with Crippen LogP contribution < -0.4 is 20.3 Å². The second kappa shape index (κ2) is 9.41. The number of benzene rings is 2. The number of fused-ring (bicyclic) bond motifs is 1. The number of nitrogens with zero attached hydrogens (tertiary/aromatic N) is 2. The monoisotopic (exact) mass is 446 g/mol. The van der Waals surface area contributed by atoms with Crippen LogP contribution in [0.3, 0.4) is 0 Å². The molecule has 2 N–H and O–H groups in total. The van der Waals surface area contributed by atoms with Gasteiger partial charge in [-0.25, -0.2) is 0 Å². The molecule has 160 valence electrons. The lowest BCUT2D eigenvalue weighted by molar-refractivity contribution is 0.306. The van der Waals surface area contributed by atoms with Gasteiger partial charge in [-0.05, 0) is 36.4 Å². The molecule has 0 aliphatic rings. The molecule has 0 radical (unpaired) electrons. The Bertz CT molecular complexity index is 1360. The van der Waals surface area contributed by atoms with E-state index in [9.17, 15) is 4.79 Å². The van der Waals surface area contributed by atoms with Gasteiger partial charge in [-0.15, -0.1) is 0 Å². The third-order valence-electron chi connectivity index (χ3n) is 4.92. The van der Waals surface area contributed by atoms with Gasteiger partial charge in [0, 0.05) is 47.2 Å². The molecule has 4 rings (SSSR count). The number of halogens is 1. The van der Waals surface area contributed by atoms with Gasteiger partial charge in [0.2, 0.25) is 0 Å². The van der Waals surface area contributed by atoms with Gasteiger partial charge in [0.25, 0.3) is 5.56 Å². The maximum Gasteiger partial charge on any atom is 0.253 e. The van der Waals surface area contributed by atoms with E-state index < -0.39 is 0 Å². The van der Waals surface area contributed by atoms with E-state index in [1.54, 1.807) is 42.7 Å². The Labute approximate surface area is 189 Å². The number of ether oxygens (including phenoxy) is 2. The predicted molar refractivity (Wildman–Crippen MR) is 123 cm³/mol. The van der Waals surface area contributed by atoms with E-state index in [4.69, 9.17) is 26.3 Å². The summed E-state index contributed by atoms with van der Waals surface area (Å²) >= 11 is 6.50. The minimum absolute atomic E-state index is 0.253. The molecule has 7 nitrogen and oxygen atoms in total. The van der Waals surface area contributed by atoms with Crippen LogP contribution in [0.4, 0.5) is 5.69 Å². The Kier molecular flexibility index (Phi) is 6.24. The molecule has 2 heterocycles. The topological polar surface area (TPSA) is 100 Å². The van der Waals surface area contributed by atoms with Gasteiger partial charge in [-0.1, -0.05) is 17.7 Å². The summed E-state index contributed by atoms with van der Waals surface area (Å²) in [5, 5.41) is 13.4. The summed E-state index contributed by atoms with van der Waals surface area (Å²) in [6.45, 7) is 0.608. The average Bonchev–Trinajstić information content (AvgIpc) is 2.83. The van der Waals surface area contributed by atoms with Crippen molar-refractivity contribution in [2.24, 2.45) is 0 Å². The molecule has 0 unspecified atom stereocenters. The number of hydrogen-bond donors (Lipinski definition) is 2. The first-order valence-corrected chi connectivity index (χ1v) is 10.1. The first-order valence-electron chi connectivity index (χ1n) is 9.77. The van der Waals surface area contributed by atoms with Crippen LogP contribution in [0.2, 0.25) is 5.02 Å². The molecule has 8 heteroatoms. The first kappa shape index (κ1) is 21.2. The predicted octanol–water partition coefficient (Wildman–Crippen LogP) is 4.65. The molecule has 0 atom stereocenters. The summed E-state index contributed by atoms with van der Waals surface area (Å²) in [6, 6.07) is 16.4. The van der Waals surface area contributed by atoms with Crippen molar-refractivity contribution in [1.82, 2.24) is 9.97 Å². The Morgan fingerprint density at radius 1 is 1.19 bits per heavy atom. The van der Waals surface area contributed by atoms with Gasteiger partial charge in [0.05, 0.1) is 18.2 Å². The Morgan fingerprint density at radius 3 is 2.81 bits per heavy atom. The third kappa shape index (κ3) is 4.51. The highest BCUT2D eigenvalue weighted by atomic mass is 35.5. The number of H-pyrrole nitrogens is 1. The minimum atomic E-state index is -0.253. The standard InChI is InChI=1S/C24H19ClN4O3/c1-31-21-10-19(6-4-17(21)11-26)28-13-18-9-16-5-7-20(22(25)23(16)29-24(18)30)32-14-15-3-2-8-27-12-15/h2-10,12,28H,13-14H2,1H3,(H,29,30). The van der Waals surface area contributed by atoms with E-state index in [2.05, 4.69) is 21.4 Å². The fourth-order valence-corrected chi connectivity index (χ4v) is 3.52. The molecule has 0 aliphatic carbocycles. The van der Waals surface area contributed by atoms with E-state index in [-0.39, 0.29) is 12.1 Å². The van der Waals surface area contributed by atoms with Gasteiger partial charge in [0.1, 0.15) is 29.2 Å². The van der Waals surface area contributed by atoms with E-state index in [1.807, 2.05) is 18.2 Å². The van der Waals surface area contributed by atoms with Gasteiger partial charge >= 0.3 is 0 Å². The highest BCUT2D eigenvalue weighted by Crippen LogP contribution is 2.32. The van der Waals surface area contributed by atoms with Gasteiger partial charge < -0.3 is 19.8 Å². The van der Waals surface area contributed by atoms with E-state index in [1.165, 1.54) is 7.11 Å². The van der Waals surface area contributed by atoms with Gasteiger partial charge in [-0.2, -0.15) is 5.26 Å². The number of methoxy groups -OCH3 is 1. The molecule has 0 bridgehead atoms. The van der Waals surface area contributed by atoms with E-state index >= 15 is 0 Å². The highest BCUT2D eigenvalue weighted by molar-refractivity contribution is 6.36. The quantitative estimate of drug-likeness (QED) is 0.428. The number of nitriles is 1. The fourth-order valence-electron chi connectivity index (χ4n) is 3.24. The number of aromatic nitrogens is 2. The molecular formula is C24H19ClN4O3. The second-order valence-electron chi connectivity index (χ2n) is 7.00. The normalized spacial score (nSPS) is 10.5. The molecule has 32 heavy (non-hydrogen) atoms. The fraction of sp³-hybridized carbons (Fsp3) is 0.125. The zero-order chi connectivity index (χ0) is 22.5. The second-order valence-corrected chi connectivity index (χ2v) is 7.37. The molecule has 0 saturated carbocycles. The summed E-state index contributed by atoms with van der Waals surface area (Å²) in [5.41, 5.74) is 2.90. The lowest BCUT2D eigenvalue weighted by Crippen LogP contribution is -2.16. The molecule has 2 aromatic carbocycles. The molecule has 0 fully saturated rings. The van der Waals surface area contributed by atoms with Crippen LogP contribution in [0.1, 0.15) is 16.7 Å². The molecule has 4 aromatic rings. The number of hydrogen-bond acceptors (Lipinski definition) is 6. The van der Waals surface area contributed by atoms with E-state index in [0.717, 1.165) is 16.6 Å². The summed E-state index contributed by atoms with van der Waals surface area (Å²) in [6.07, 6.45) is 3.42. The Morgan fingerprint density at radius 2 is 2.06 bits per heavy atom. The summed E-state index contributed by atoms with van der Waals surface area (Å²) in [7, 11) is 1.51. The van der Waals surface area contributed by atoms with Crippen LogP contribution in [0.15, 0.2) is 65.7 Å². The molecule has 0 spiro atoms. The molecular weight excluding hydrogens is 428 g/mol. The lowest BCUT2D eigenvalue weighted by atomic mass is 10.1. The van der Waals surface area contributed by atoms with Crippen molar-refractivity contribution in [1.29, 1.82) is 5.26 Å². The van der Waals surface area contributed by atoms with Crippen LogP contribution in [-0.4, -0.2) is 17.1 Å². The van der Waals surface area contributed by atoms with Crippen LogP contribution in [0.5, 0.6) is 11.5 Å². The lowest BCUT2D eigenvalue weighted by Gasteiger charge is -2.12. The van der Waals surface area contributed by atoms with Crippen LogP contribution >= 0.6 is 11.6 Å². The average molecular weight is 447 g/mol. The number of anilines is 1. The minimum Gasteiger partial charge on any atom is -0.495 e. The van der Waals surface area contributed by atoms with Crippen LogP contribution in [0, 0.1) is 11.3 Å². The molecule has 0 aliphatic heterocycles. The van der Waals surface area contributed by atoms with Crippen molar-refractivity contribution in [3.8, 4) is 17.6 Å². The van der Waals surface area contributed by atoms with Crippen molar-refractivity contribution in [2.45, 2.75) is 13.2 Å². The van der Waals surface area contributed by atoms with Crippen molar-refractivity contribution in [3.05, 3.63) is 93.0 Å². The number of rotatable bonds is 7. The van der Waals surface area contributed by atoms with Crippen molar-refractivity contribution in [2.75, 3.05) is 12.4 Å². The van der Waals surface area contributed by atoms with Crippen LogP contribution in [0.25, 0.3) is 10.9 Å². The summed E-state index contributed by atoms with van der Waals surface area (Å²) < 4.78 is 11.0. The van der Waals surface area contributed by atoms with Crippen molar-refractivity contribution >= 4 is 28.2 Å². The van der Waals surface area contributed by atoms with Crippen molar-refractivity contribution < 1.29 is 9.47 Å².